The lowest BCUT2D eigenvalue weighted by Crippen LogP contribution is -1.93. The molecule has 0 fully saturated rings. The topological polar surface area (TPSA) is 0 Å². The second-order valence-corrected chi connectivity index (χ2v) is 3.12. The molecule has 32 valence electrons. The lowest BCUT2D eigenvalue weighted by Gasteiger charge is -1.83. The van der Waals surface area contributed by atoms with E-state index in [1.807, 2.05) is 0 Å². The molecule has 0 spiro atoms. The molecule has 0 radical (unpaired) electrons. The summed E-state index contributed by atoms with van der Waals surface area (Å²) in [5.41, 5.74) is 0. The van der Waals surface area contributed by atoms with Crippen molar-refractivity contribution < 1.29 is 0 Å². The number of hydrogen-bond donors (Lipinski definition) is 0. The van der Waals surface area contributed by atoms with Gasteiger partial charge < -0.3 is 0 Å². The fraction of sp³-hybridized carbons (Fsp3) is 0. The van der Waals surface area contributed by atoms with Gasteiger partial charge >= 0.3 is 0 Å². The summed E-state index contributed by atoms with van der Waals surface area (Å²) >= 11 is 0. The highest BCUT2D eigenvalue weighted by Gasteiger charge is 1.85. The summed E-state index contributed by atoms with van der Waals surface area (Å²) < 4.78 is 0. The zero-order chi connectivity index (χ0) is 5.15. The Labute approximate surface area is 40.7 Å². The van der Waals surface area contributed by atoms with Gasteiger partial charge in [0.1, 0.15) is 0 Å². The van der Waals surface area contributed by atoms with Crippen LogP contribution in [0.3, 0.4) is 0 Å². The molecule has 0 bridgehead atoms. The number of rotatable bonds is 1. The van der Waals surface area contributed by atoms with Crippen LogP contribution in [0.5, 0.6) is 0 Å². The van der Waals surface area contributed by atoms with Gasteiger partial charge in [0.25, 0.3) is 0 Å². The highest BCUT2D eigenvalue weighted by Crippen LogP contribution is 1.79. The Morgan fingerprint density at radius 3 is 2.00 bits per heavy atom. The van der Waals surface area contributed by atoms with Crippen molar-refractivity contribution in [1.82, 2.24) is 0 Å². The molecular weight excluding hydrogens is 88.1 g/mol. The molecule has 0 aliphatic carbocycles. The van der Waals surface area contributed by atoms with E-state index in [1.165, 1.54) is 0 Å². The molecule has 0 atom stereocenters. The van der Waals surface area contributed by atoms with Crippen molar-refractivity contribution >= 4 is 14.6 Å². The van der Waals surface area contributed by atoms with Crippen LogP contribution < -0.4 is 0 Å². The molecule has 0 unspecified atom stereocenters. The fourth-order valence-electron chi connectivity index (χ4n) is 0. The van der Waals surface area contributed by atoms with E-state index in [4.69, 9.17) is 0 Å². The molecule has 0 aliphatic heterocycles. The van der Waals surface area contributed by atoms with Crippen molar-refractivity contribution in [1.29, 1.82) is 0 Å². The van der Waals surface area contributed by atoms with Crippen molar-refractivity contribution in [2.24, 2.45) is 0 Å². The third-order valence-electron chi connectivity index (χ3n) is 0.500. The maximum absolute atomic E-state index is 3.67. The molecule has 0 nitrogen and oxygen atoms in total. The van der Waals surface area contributed by atoms with Gasteiger partial charge in [-0.1, -0.05) is 0 Å². The first kappa shape index (κ1) is 5.57. The molecule has 0 amide bonds. The van der Waals surface area contributed by atoms with Crippen molar-refractivity contribution in [2.45, 2.75) is 0 Å². The summed E-state index contributed by atoms with van der Waals surface area (Å²) in [6.07, 6.45) is 3.67. The molecule has 6 heavy (non-hydrogen) atoms. The third kappa shape index (κ3) is 1.85. The highest BCUT2D eigenvalue weighted by atomic mass is 28.2. The zero-order valence-corrected chi connectivity index (χ0v) is 4.83. The van der Waals surface area contributed by atoms with Crippen LogP contribution in [0.4, 0.5) is 0 Å². The van der Waals surface area contributed by atoms with E-state index >= 15 is 0 Å². The van der Waals surface area contributed by atoms with Crippen molar-refractivity contribution in [3.8, 4) is 0 Å². The van der Waals surface area contributed by atoms with E-state index in [2.05, 4.69) is 26.2 Å². The van der Waals surface area contributed by atoms with Gasteiger partial charge in [-0.05, 0) is 12.7 Å². The Hall–Kier alpha value is -0.433. The quantitative estimate of drug-likeness (QED) is 0.334. The van der Waals surface area contributed by atoms with Gasteiger partial charge in [0.2, 0.25) is 8.41 Å². The first-order valence-corrected chi connectivity index (χ1v) is 3.58. The summed E-state index contributed by atoms with van der Waals surface area (Å²) in [6.45, 7) is 10.8. The van der Waals surface area contributed by atoms with Crippen LogP contribution in [-0.4, -0.2) is 14.6 Å². The Bertz CT molecular complexity index is 69.9. The minimum atomic E-state index is -0.757. The Morgan fingerprint density at radius 1 is 1.83 bits per heavy atom. The van der Waals surface area contributed by atoms with Crippen LogP contribution in [0.1, 0.15) is 0 Å². The molecule has 0 saturated heterocycles. The molecule has 0 rings (SSSR count). The van der Waals surface area contributed by atoms with Gasteiger partial charge in [0, 0.05) is 0 Å². The lowest BCUT2D eigenvalue weighted by molar-refractivity contribution is 2.01. The number of allylic oxidation sites excluding steroid dienone is 1. The molecule has 0 aromatic heterocycles. The van der Waals surface area contributed by atoms with Gasteiger partial charge in [-0.15, -0.1) is 5.20 Å². The van der Waals surface area contributed by atoms with Crippen molar-refractivity contribution in [3.05, 3.63) is 25.2 Å². The van der Waals surface area contributed by atoms with Gasteiger partial charge in [0.05, 0.1) is 0 Å². The fourth-order valence-corrected chi connectivity index (χ4v) is 0. The highest BCUT2D eigenvalue weighted by molar-refractivity contribution is 6.70. The third-order valence-corrected chi connectivity index (χ3v) is 1.50. The predicted octanol–water partition coefficient (Wildman–Crippen LogP) is 0.798. The van der Waals surface area contributed by atoms with Gasteiger partial charge in [0.15, 0.2) is 0 Å². The van der Waals surface area contributed by atoms with Gasteiger partial charge in [-0.25, -0.2) is 0 Å². The van der Waals surface area contributed by atoms with Crippen LogP contribution >= 0.6 is 0 Å². The van der Waals surface area contributed by atoms with Crippen LogP contribution in [0.2, 0.25) is 0 Å². The van der Waals surface area contributed by atoms with E-state index in [-0.39, 0.29) is 0 Å². The largest absolute Gasteiger partial charge is 0.242 e. The predicted molar refractivity (Wildman–Crippen MR) is 32.7 cm³/mol. The van der Waals surface area contributed by atoms with Crippen LogP contribution in [0.25, 0.3) is 0 Å². The SMILES string of the molecule is C=C([CH2-])[Si](=C)[CH2+]. The van der Waals surface area contributed by atoms with Gasteiger partial charge in [-0.2, -0.15) is 13.5 Å². The Morgan fingerprint density at radius 2 is 2.00 bits per heavy atom. The molecule has 1 heteroatoms. The average Bonchev–Trinajstić information content (AvgIpc) is 1.36. The molecule has 0 heterocycles. The smallest absolute Gasteiger partial charge is 0.188 e. The molecule has 0 saturated carbocycles. The van der Waals surface area contributed by atoms with E-state index in [0.717, 1.165) is 5.20 Å². The Kier molecular flexibility index (Phi) is 1.74. The average molecular weight is 96.2 g/mol. The van der Waals surface area contributed by atoms with E-state index in [9.17, 15) is 0 Å². The standard InChI is InChI=1S/C5H8Si/c1-5(2)6(3)4/h1-4H2. The first-order chi connectivity index (χ1) is 2.64. The zero-order valence-electron chi connectivity index (χ0n) is 3.83. The maximum Gasteiger partial charge on any atom is 0.242 e. The number of hydrogen-bond acceptors (Lipinski definition) is 0. The molecular formula is C5H8Si. The van der Waals surface area contributed by atoms with E-state index in [0.29, 0.717) is 0 Å². The monoisotopic (exact) mass is 96.0 g/mol. The van der Waals surface area contributed by atoms with Crippen molar-refractivity contribution in [2.75, 3.05) is 0 Å². The maximum atomic E-state index is 3.67. The van der Waals surface area contributed by atoms with E-state index in [1.54, 1.807) is 0 Å². The first-order valence-electron chi connectivity index (χ1n) is 1.66. The van der Waals surface area contributed by atoms with Crippen LogP contribution in [0.15, 0.2) is 11.8 Å². The summed E-state index contributed by atoms with van der Waals surface area (Å²) in [5.74, 6) is 0. The molecule has 0 N–H and O–H groups in total. The van der Waals surface area contributed by atoms with E-state index < -0.39 is 8.41 Å². The summed E-state index contributed by atoms with van der Waals surface area (Å²) in [6, 6.07) is 0. The minimum absolute atomic E-state index is 0.757. The lowest BCUT2D eigenvalue weighted by atomic mass is 10.8. The normalized spacial score (nSPS) is 7.33. The summed E-state index contributed by atoms with van der Waals surface area (Å²) in [4.78, 5) is 0. The Balaban J connectivity index is 3.57. The second kappa shape index (κ2) is 1.87. The summed E-state index contributed by atoms with van der Waals surface area (Å²) in [5, 5.41) is 0.889. The minimum Gasteiger partial charge on any atom is -0.188 e. The molecule has 0 aromatic carbocycles. The van der Waals surface area contributed by atoms with Crippen LogP contribution in [0, 0.1) is 13.5 Å². The van der Waals surface area contributed by atoms with Crippen LogP contribution in [-0.2, 0) is 0 Å². The second-order valence-electron chi connectivity index (χ2n) is 1.21. The van der Waals surface area contributed by atoms with Gasteiger partial charge in [-0.3, -0.25) is 0 Å². The summed E-state index contributed by atoms with van der Waals surface area (Å²) in [7, 11) is -0.757. The van der Waals surface area contributed by atoms with Crippen molar-refractivity contribution in [3.63, 3.8) is 0 Å². The molecule has 0 aliphatic rings. The molecule has 0 aromatic rings.